The monoisotopic (exact) mass is 531 g/mol. The molecule has 1 aliphatic carbocycles. The molecule has 2 N–H and O–H groups in total. The fourth-order valence-electron chi connectivity index (χ4n) is 3.77. The van der Waals surface area contributed by atoms with Crippen LogP contribution in [0.1, 0.15) is 47.0 Å². The van der Waals surface area contributed by atoms with Gasteiger partial charge in [0.2, 0.25) is 17.9 Å². The molecule has 0 saturated heterocycles. The standard InChI is InChI=1S/C22H33N3O12/c1-12(26)34-10-19(36-14(3)28)8-23-21(30)16-5-17(7-18(6-16)25(32)33)22(31)24-9-20(37-15(4)29)11-35-13(2)27/h16-20H,5-11H2,1-4H3,(H,23,30)(H,24,31). The van der Waals surface area contributed by atoms with Gasteiger partial charge in [-0.2, -0.15) is 0 Å². The first kappa shape index (κ1) is 31.3. The van der Waals surface area contributed by atoms with Crippen molar-refractivity contribution < 1.29 is 52.6 Å². The Bertz CT molecular complexity index is 815. The minimum absolute atomic E-state index is 0.00631. The summed E-state index contributed by atoms with van der Waals surface area (Å²) in [4.78, 5) is 81.1. The van der Waals surface area contributed by atoms with Crippen LogP contribution >= 0.6 is 0 Å². The third-order valence-corrected chi connectivity index (χ3v) is 5.34. The maximum Gasteiger partial charge on any atom is 0.303 e. The molecule has 15 nitrogen and oxygen atoms in total. The first-order valence-corrected chi connectivity index (χ1v) is 11.6. The van der Waals surface area contributed by atoms with Gasteiger partial charge < -0.3 is 29.6 Å². The van der Waals surface area contributed by atoms with E-state index in [1.807, 2.05) is 0 Å². The van der Waals surface area contributed by atoms with E-state index in [2.05, 4.69) is 10.6 Å². The average molecular weight is 532 g/mol. The molecule has 0 aliphatic heterocycles. The third-order valence-electron chi connectivity index (χ3n) is 5.34. The number of hydrogen-bond acceptors (Lipinski definition) is 12. The summed E-state index contributed by atoms with van der Waals surface area (Å²) in [5.41, 5.74) is 0. The van der Waals surface area contributed by atoms with Crippen LogP contribution in [0, 0.1) is 22.0 Å². The highest BCUT2D eigenvalue weighted by Crippen LogP contribution is 2.31. The van der Waals surface area contributed by atoms with Crippen molar-refractivity contribution >= 4 is 35.7 Å². The molecule has 1 rings (SSSR count). The largest absolute Gasteiger partial charge is 0.462 e. The Morgan fingerprint density at radius 1 is 0.730 bits per heavy atom. The number of hydrogen-bond donors (Lipinski definition) is 2. The molecule has 0 radical (unpaired) electrons. The Hall–Kier alpha value is -3.78. The highest BCUT2D eigenvalue weighted by atomic mass is 16.6. The van der Waals surface area contributed by atoms with E-state index in [1.165, 1.54) is 13.8 Å². The lowest BCUT2D eigenvalue weighted by atomic mass is 9.77. The van der Waals surface area contributed by atoms with E-state index in [4.69, 9.17) is 18.9 Å². The van der Waals surface area contributed by atoms with Gasteiger partial charge in [-0.3, -0.25) is 38.9 Å². The van der Waals surface area contributed by atoms with Crippen LogP contribution < -0.4 is 10.6 Å². The number of carbonyl (C=O) groups is 6. The Morgan fingerprint density at radius 2 is 1.11 bits per heavy atom. The summed E-state index contributed by atoms with van der Waals surface area (Å²) in [6.07, 6.45) is -2.13. The molecular weight excluding hydrogens is 498 g/mol. The zero-order chi connectivity index (χ0) is 28.1. The van der Waals surface area contributed by atoms with E-state index in [0.29, 0.717) is 0 Å². The SMILES string of the molecule is CC(=O)OCC(CNC(=O)C1CC(C(=O)NCC(COC(C)=O)OC(C)=O)CC([N+](=O)[O-])C1)OC(C)=O. The van der Waals surface area contributed by atoms with Gasteiger partial charge in [-0.1, -0.05) is 0 Å². The maximum atomic E-state index is 12.8. The zero-order valence-corrected chi connectivity index (χ0v) is 21.2. The number of rotatable bonds is 13. The van der Waals surface area contributed by atoms with Crippen molar-refractivity contribution in [1.82, 2.24) is 10.6 Å². The second kappa shape index (κ2) is 15.4. The molecule has 15 heteroatoms. The van der Waals surface area contributed by atoms with Gasteiger partial charge in [0.25, 0.3) is 0 Å². The van der Waals surface area contributed by atoms with Crippen LogP contribution in [0.15, 0.2) is 0 Å². The van der Waals surface area contributed by atoms with Gasteiger partial charge in [-0.05, 0) is 6.42 Å². The van der Waals surface area contributed by atoms with Crippen LogP contribution in [0.3, 0.4) is 0 Å². The second-order valence-corrected chi connectivity index (χ2v) is 8.60. The third kappa shape index (κ3) is 12.7. The molecular formula is C22H33N3O12. The summed E-state index contributed by atoms with van der Waals surface area (Å²) in [5, 5.41) is 16.6. The van der Waals surface area contributed by atoms with Crippen molar-refractivity contribution in [2.45, 2.75) is 65.2 Å². The predicted octanol–water partition coefficient (Wildman–Crippen LogP) is -0.730. The molecule has 1 aliphatic rings. The van der Waals surface area contributed by atoms with E-state index in [9.17, 15) is 38.9 Å². The second-order valence-electron chi connectivity index (χ2n) is 8.60. The van der Waals surface area contributed by atoms with Crippen molar-refractivity contribution in [2.75, 3.05) is 26.3 Å². The molecule has 2 amide bonds. The molecule has 4 unspecified atom stereocenters. The Kier molecular flexibility index (Phi) is 13.0. The minimum atomic E-state index is -1.16. The Balaban J connectivity index is 2.80. The molecule has 0 bridgehead atoms. The number of carbonyl (C=O) groups excluding carboxylic acids is 6. The lowest BCUT2D eigenvalue weighted by Gasteiger charge is -2.30. The quantitative estimate of drug-likeness (QED) is 0.131. The minimum Gasteiger partial charge on any atom is -0.462 e. The Labute approximate surface area is 213 Å². The maximum absolute atomic E-state index is 12.8. The van der Waals surface area contributed by atoms with Crippen molar-refractivity contribution in [2.24, 2.45) is 11.8 Å². The highest BCUT2D eigenvalue weighted by molar-refractivity contribution is 5.82. The first-order chi connectivity index (χ1) is 17.3. The van der Waals surface area contributed by atoms with Crippen molar-refractivity contribution in [1.29, 1.82) is 0 Å². The van der Waals surface area contributed by atoms with Crippen molar-refractivity contribution in [3.63, 3.8) is 0 Å². The lowest BCUT2D eigenvalue weighted by molar-refractivity contribution is -0.528. The van der Waals surface area contributed by atoms with Crippen LogP contribution in [0.25, 0.3) is 0 Å². The summed E-state index contributed by atoms with van der Waals surface area (Å²) in [7, 11) is 0. The molecule has 0 heterocycles. The smallest absolute Gasteiger partial charge is 0.303 e. The summed E-state index contributed by atoms with van der Waals surface area (Å²) in [5.74, 6) is -5.49. The fraction of sp³-hybridized carbons (Fsp3) is 0.727. The summed E-state index contributed by atoms with van der Waals surface area (Å²) < 4.78 is 19.6. The van der Waals surface area contributed by atoms with Crippen molar-refractivity contribution in [3.05, 3.63) is 10.1 Å². The number of nitrogens with one attached hydrogen (secondary N) is 2. The van der Waals surface area contributed by atoms with Gasteiger partial charge >= 0.3 is 23.9 Å². The van der Waals surface area contributed by atoms with Crippen LogP contribution in [-0.4, -0.2) is 85.2 Å². The number of nitro groups is 1. The van der Waals surface area contributed by atoms with E-state index in [-0.39, 0.29) is 45.6 Å². The number of amides is 2. The van der Waals surface area contributed by atoms with Crippen LogP contribution in [0.2, 0.25) is 0 Å². The van der Waals surface area contributed by atoms with E-state index < -0.39 is 70.7 Å². The summed E-state index contributed by atoms with van der Waals surface area (Å²) in [6, 6.07) is -1.16. The van der Waals surface area contributed by atoms with Gasteiger partial charge in [0.05, 0.1) is 13.1 Å². The fourth-order valence-corrected chi connectivity index (χ4v) is 3.77. The van der Waals surface area contributed by atoms with E-state index in [1.54, 1.807) is 0 Å². The van der Waals surface area contributed by atoms with Crippen LogP contribution in [0.5, 0.6) is 0 Å². The molecule has 0 aromatic heterocycles. The van der Waals surface area contributed by atoms with Gasteiger partial charge in [0.15, 0.2) is 12.2 Å². The molecule has 1 fully saturated rings. The topological polar surface area (TPSA) is 207 Å². The molecule has 208 valence electrons. The van der Waals surface area contributed by atoms with Crippen LogP contribution in [-0.2, 0) is 47.7 Å². The summed E-state index contributed by atoms with van der Waals surface area (Å²) >= 11 is 0. The molecule has 1 saturated carbocycles. The highest BCUT2D eigenvalue weighted by Gasteiger charge is 2.41. The average Bonchev–Trinajstić information content (AvgIpc) is 2.80. The molecule has 0 spiro atoms. The Morgan fingerprint density at radius 3 is 1.41 bits per heavy atom. The predicted molar refractivity (Wildman–Crippen MR) is 122 cm³/mol. The molecule has 0 aromatic carbocycles. The van der Waals surface area contributed by atoms with Gasteiger partial charge in [0, 0.05) is 57.3 Å². The number of esters is 4. The molecule has 0 aromatic rings. The molecule has 37 heavy (non-hydrogen) atoms. The summed E-state index contributed by atoms with van der Waals surface area (Å²) in [6.45, 7) is 3.63. The number of ether oxygens (including phenoxy) is 4. The van der Waals surface area contributed by atoms with Gasteiger partial charge in [-0.25, -0.2) is 0 Å². The normalized spacial score (nSPS) is 20.4. The van der Waals surface area contributed by atoms with Gasteiger partial charge in [0.1, 0.15) is 13.2 Å². The van der Waals surface area contributed by atoms with Crippen LogP contribution in [0.4, 0.5) is 0 Å². The van der Waals surface area contributed by atoms with E-state index >= 15 is 0 Å². The first-order valence-electron chi connectivity index (χ1n) is 11.6. The molecule has 4 atom stereocenters. The van der Waals surface area contributed by atoms with E-state index in [0.717, 1.165) is 13.8 Å². The zero-order valence-electron chi connectivity index (χ0n) is 21.2. The van der Waals surface area contributed by atoms with Gasteiger partial charge in [-0.15, -0.1) is 0 Å². The van der Waals surface area contributed by atoms with Crippen molar-refractivity contribution in [3.8, 4) is 0 Å². The lowest BCUT2D eigenvalue weighted by Crippen LogP contribution is -2.47. The number of nitrogens with zero attached hydrogens (tertiary/aromatic N) is 1.